The van der Waals surface area contributed by atoms with Crippen molar-refractivity contribution < 1.29 is 13.7 Å². The predicted molar refractivity (Wildman–Crippen MR) is 103 cm³/mol. The van der Waals surface area contributed by atoms with Gasteiger partial charge >= 0.3 is 0 Å². The van der Waals surface area contributed by atoms with E-state index in [4.69, 9.17) is 4.52 Å². The number of amides is 1. The van der Waals surface area contributed by atoms with Gasteiger partial charge in [0.2, 0.25) is 11.7 Å². The van der Waals surface area contributed by atoms with Gasteiger partial charge in [0.25, 0.3) is 5.91 Å². The number of hydrogen-bond donors (Lipinski definition) is 0. The SMILES string of the molecule is CCc1ccc(C(=O)N2CCC(c3nc(-c4ccc(F)cc4)no3)CC2)cc1. The second-order valence-electron chi connectivity index (χ2n) is 7.08. The zero-order valence-corrected chi connectivity index (χ0v) is 15.8. The number of benzene rings is 2. The van der Waals surface area contributed by atoms with E-state index in [1.165, 1.54) is 17.7 Å². The van der Waals surface area contributed by atoms with Gasteiger partial charge in [-0.2, -0.15) is 4.98 Å². The summed E-state index contributed by atoms with van der Waals surface area (Å²) < 4.78 is 18.5. The third-order valence-corrected chi connectivity index (χ3v) is 5.28. The molecule has 0 N–H and O–H groups in total. The monoisotopic (exact) mass is 379 g/mol. The molecule has 0 radical (unpaired) electrons. The maximum absolute atomic E-state index is 13.1. The summed E-state index contributed by atoms with van der Waals surface area (Å²) in [4.78, 5) is 19.1. The van der Waals surface area contributed by atoms with E-state index in [1.54, 1.807) is 12.1 Å². The van der Waals surface area contributed by atoms with Gasteiger partial charge in [0.15, 0.2) is 0 Å². The van der Waals surface area contributed by atoms with E-state index in [1.807, 2.05) is 29.2 Å². The van der Waals surface area contributed by atoms with Gasteiger partial charge in [-0.25, -0.2) is 4.39 Å². The zero-order chi connectivity index (χ0) is 19.5. The van der Waals surface area contributed by atoms with Gasteiger partial charge in [-0.3, -0.25) is 4.79 Å². The standard InChI is InChI=1S/C22H22FN3O2/c1-2-15-3-5-18(6-4-15)22(27)26-13-11-17(12-14-26)21-24-20(25-28-21)16-7-9-19(23)10-8-16/h3-10,17H,2,11-14H2,1H3. The van der Waals surface area contributed by atoms with E-state index >= 15 is 0 Å². The van der Waals surface area contributed by atoms with Crippen molar-refractivity contribution in [3.63, 3.8) is 0 Å². The Kier molecular flexibility index (Phi) is 5.19. The minimum Gasteiger partial charge on any atom is -0.339 e. The van der Waals surface area contributed by atoms with E-state index in [2.05, 4.69) is 17.1 Å². The van der Waals surface area contributed by atoms with Crippen LogP contribution in [0.4, 0.5) is 4.39 Å². The number of piperidine rings is 1. The highest BCUT2D eigenvalue weighted by Gasteiger charge is 2.28. The summed E-state index contributed by atoms with van der Waals surface area (Å²) in [5.41, 5.74) is 2.68. The lowest BCUT2D eigenvalue weighted by atomic mass is 9.96. The Morgan fingerprint density at radius 3 is 2.43 bits per heavy atom. The molecule has 0 spiro atoms. The van der Waals surface area contributed by atoms with Crippen molar-refractivity contribution in [2.75, 3.05) is 13.1 Å². The van der Waals surface area contributed by atoms with Crippen LogP contribution in [-0.2, 0) is 6.42 Å². The third kappa shape index (κ3) is 3.81. The maximum Gasteiger partial charge on any atom is 0.253 e. The number of halogens is 1. The summed E-state index contributed by atoms with van der Waals surface area (Å²) in [7, 11) is 0. The number of carbonyl (C=O) groups is 1. The molecule has 1 aromatic heterocycles. The van der Waals surface area contributed by atoms with Crippen LogP contribution < -0.4 is 0 Å². The lowest BCUT2D eigenvalue weighted by Crippen LogP contribution is -2.38. The highest BCUT2D eigenvalue weighted by Crippen LogP contribution is 2.29. The van der Waals surface area contributed by atoms with Gasteiger partial charge in [-0.1, -0.05) is 24.2 Å². The Balaban J connectivity index is 1.38. The fraction of sp³-hybridized carbons (Fsp3) is 0.318. The first-order valence-electron chi connectivity index (χ1n) is 9.62. The van der Waals surface area contributed by atoms with E-state index in [-0.39, 0.29) is 17.6 Å². The molecule has 144 valence electrons. The van der Waals surface area contributed by atoms with Crippen LogP contribution in [-0.4, -0.2) is 34.0 Å². The molecule has 1 amide bonds. The van der Waals surface area contributed by atoms with Crippen LogP contribution in [0.15, 0.2) is 53.1 Å². The van der Waals surface area contributed by atoms with Gasteiger partial charge < -0.3 is 9.42 Å². The first-order valence-corrected chi connectivity index (χ1v) is 9.62. The van der Waals surface area contributed by atoms with Crippen LogP contribution in [0.5, 0.6) is 0 Å². The van der Waals surface area contributed by atoms with E-state index < -0.39 is 0 Å². The summed E-state index contributed by atoms with van der Waals surface area (Å²) in [6, 6.07) is 13.8. The number of aromatic nitrogens is 2. The smallest absolute Gasteiger partial charge is 0.253 e. The molecule has 0 bridgehead atoms. The average Bonchev–Trinajstić information content (AvgIpc) is 3.24. The Labute approximate surface area is 163 Å². The van der Waals surface area contributed by atoms with Crippen molar-refractivity contribution in [3.8, 4) is 11.4 Å². The third-order valence-electron chi connectivity index (χ3n) is 5.28. The molecular formula is C22H22FN3O2. The summed E-state index contributed by atoms with van der Waals surface area (Å²) in [6.07, 6.45) is 2.53. The average molecular weight is 379 g/mol. The van der Waals surface area contributed by atoms with Crippen LogP contribution in [0.3, 0.4) is 0 Å². The number of rotatable bonds is 4. The van der Waals surface area contributed by atoms with Crippen molar-refractivity contribution in [3.05, 3.63) is 71.4 Å². The van der Waals surface area contributed by atoms with Gasteiger partial charge in [0.1, 0.15) is 5.82 Å². The molecule has 28 heavy (non-hydrogen) atoms. The second-order valence-corrected chi connectivity index (χ2v) is 7.08. The van der Waals surface area contributed by atoms with Crippen LogP contribution >= 0.6 is 0 Å². The van der Waals surface area contributed by atoms with E-state index in [0.29, 0.717) is 24.8 Å². The van der Waals surface area contributed by atoms with Gasteiger partial charge in [-0.05, 0) is 61.2 Å². The molecule has 3 aromatic rings. The molecule has 0 unspecified atom stereocenters. The minimum atomic E-state index is -0.297. The molecule has 2 aromatic carbocycles. The quantitative estimate of drug-likeness (QED) is 0.672. The molecule has 1 saturated heterocycles. The summed E-state index contributed by atoms with van der Waals surface area (Å²) >= 11 is 0. The molecule has 4 rings (SSSR count). The summed E-state index contributed by atoms with van der Waals surface area (Å²) in [6.45, 7) is 3.42. The van der Waals surface area contributed by atoms with E-state index in [9.17, 15) is 9.18 Å². The van der Waals surface area contributed by atoms with Crippen molar-refractivity contribution in [1.82, 2.24) is 15.0 Å². The Morgan fingerprint density at radius 1 is 1.11 bits per heavy atom. The zero-order valence-electron chi connectivity index (χ0n) is 15.8. The number of aryl methyl sites for hydroxylation is 1. The molecule has 0 saturated carbocycles. The number of carbonyl (C=O) groups excluding carboxylic acids is 1. The molecule has 6 heteroatoms. The van der Waals surface area contributed by atoms with Crippen LogP contribution in [0.25, 0.3) is 11.4 Å². The Morgan fingerprint density at radius 2 is 1.79 bits per heavy atom. The fourth-order valence-electron chi connectivity index (χ4n) is 3.51. The molecule has 2 heterocycles. The first kappa shape index (κ1) is 18.3. The lowest BCUT2D eigenvalue weighted by molar-refractivity contribution is 0.0704. The highest BCUT2D eigenvalue weighted by molar-refractivity contribution is 5.94. The van der Waals surface area contributed by atoms with Gasteiger partial charge in [-0.15, -0.1) is 0 Å². The van der Waals surface area contributed by atoms with Crippen molar-refractivity contribution in [1.29, 1.82) is 0 Å². The summed E-state index contributed by atoms with van der Waals surface area (Å²) in [5, 5.41) is 4.02. The predicted octanol–water partition coefficient (Wildman–Crippen LogP) is 4.46. The van der Waals surface area contributed by atoms with Crippen LogP contribution in [0.1, 0.15) is 47.5 Å². The normalized spacial score (nSPS) is 15.0. The number of likely N-dealkylation sites (tertiary alicyclic amines) is 1. The van der Waals surface area contributed by atoms with Crippen molar-refractivity contribution in [2.24, 2.45) is 0 Å². The van der Waals surface area contributed by atoms with E-state index in [0.717, 1.165) is 30.4 Å². The van der Waals surface area contributed by atoms with Crippen molar-refractivity contribution in [2.45, 2.75) is 32.1 Å². The number of hydrogen-bond acceptors (Lipinski definition) is 4. The topological polar surface area (TPSA) is 59.2 Å². The largest absolute Gasteiger partial charge is 0.339 e. The highest BCUT2D eigenvalue weighted by atomic mass is 19.1. The number of nitrogens with zero attached hydrogens (tertiary/aromatic N) is 3. The molecule has 0 aliphatic carbocycles. The van der Waals surface area contributed by atoms with Crippen LogP contribution in [0.2, 0.25) is 0 Å². The van der Waals surface area contributed by atoms with Crippen LogP contribution in [0, 0.1) is 5.82 Å². The second kappa shape index (κ2) is 7.92. The van der Waals surface area contributed by atoms with Gasteiger partial charge in [0, 0.05) is 30.1 Å². The molecule has 1 aliphatic rings. The first-order chi connectivity index (χ1) is 13.6. The molecule has 1 fully saturated rings. The molecular weight excluding hydrogens is 357 g/mol. The maximum atomic E-state index is 13.1. The van der Waals surface area contributed by atoms with Gasteiger partial charge in [0.05, 0.1) is 0 Å². The Hall–Kier alpha value is -3.02. The summed E-state index contributed by atoms with van der Waals surface area (Å²) in [5.74, 6) is 0.948. The fourth-order valence-corrected chi connectivity index (χ4v) is 3.51. The minimum absolute atomic E-state index is 0.0682. The Bertz CT molecular complexity index is 943. The molecule has 0 atom stereocenters. The lowest BCUT2D eigenvalue weighted by Gasteiger charge is -2.30. The molecule has 1 aliphatic heterocycles. The van der Waals surface area contributed by atoms with Crippen molar-refractivity contribution >= 4 is 5.91 Å². The molecule has 5 nitrogen and oxygen atoms in total.